The van der Waals surface area contributed by atoms with E-state index < -0.39 is 16.6 Å². The van der Waals surface area contributed by atoms with Crippen molar-refractivity contribution in [3.8, 4) is 11.5 Å². The smallest absolute Gasteiger partial charge is 0.250 e. The fourth-order valence-electron chi connectivity index (χ4n) is 3.42. The highest BCUT2D eigenvalue weighted by Gasteiger charge is 2.41. The van der Waals surface area contributed by atoms with E-state index >= 15 is 0 Å². The van der Waals surface area contributed by atoms with Crippen molar-refractivity contribution in [1.29, 1.82) is 0 Å². The largest absolute Gasteiger partial charge is 0.543 e. The first-order chi connectivity index (χ1) is 14.9. The van der Waals surface area contributed by atoms with Crippen LogP contribution in [0.25, 0.3) is 0 Å². The molecule has 1 fully saturated rings. The molecule has 0 aromatic heterocycles. The molecule has 0 radical (unpaired) electrons. The van der Waals surface area contributed by atoms with Gasteiger partial charge in [-0.25, -0.2) is 0 Å². The molecular weight excluding hydrogens is 481 g/mol. The van der Waals surface area contributed by atoms with Gasteiger partial charge in [-0.15, -0.1) is 23.5 Å². The molecule has 2 rings (SSSR count). The van der Waals surface area contributed by atoms with E-state index in [0.29, 0.717) is 0 Å². The van der Waals surface area contributed by atoms with Gasteiger partial charge in [-0.05, 0) is 91.7 Å². The molecule has 1 aromatic carbocycles. The first-order valence-corrected chi connectivity index (χ1v) is 20.1. The predicted molar refractivity (Wildman–Crippen MR) is 154 cm³/mol. The van der Waals surface area contributed by atoms with Crippen molar-refractivity contribution in [2.75, 3.05) is 11.5 Å². The minimum atomic E-state index is -1.98. The van der Waals surface area contributed by atoms with Crippen LogP contribution in [0.3, 0.4) is 0 Å². The lowest BCUT2D eigenvalue weighted by Crippen LogP contribution is -2.44. The summed E-state index contributed by atoms with van der Waals surface area (Å²) in [6.07, 6.45) is 2.65. The van der Waals surface area contributed by atoms with Crippen molar-refractivity contribution in [3.63, 3.8) is 0 Å². The van der Waals surface area contributed by atoms with E-state index in [4.69, 9.17) is 8.85 Å². The summed E-state index contributed by atoms with van der Waals surface area (Å²) < 4.78 is 13.5. The van der Waals surface area contributed by atoms with Gasteiger partial charge in [-0.1, -0.05) is 41.5 Å². The molecule has 0 bridgehead atoms. The maximum atomic E-state index is 10.3. The van der Waals surface area contributed by atoms with Gasteiger partial charge in [0.15, 0.2) is 0 Å². The minimum absolute atomic E-state index is 0.0102. The SMILES string of the molecule is CC(O)CC1(Cc2cc(O[Si](C)(C)C(C)(C)C)cc(O[Si](C)(C)C(C)(C)C)c2)SCCCS1. The van der Waals surface area contributed by atoms with E-state index in [-0.39, 0.29) is 20.3 Å². The second kappa shape index (κ2) is 10.5. The summed E-state index contributed by atoms with van der Waals surface area (Å²) in [6, 6.07) is 6.59. The van der Waals surface area contributed by atoms with Gasteiger partial charge in [0.05, 0.1) is 10.2 Å². The zero-order chi connectivity index (χ0) is 25.3. The van der Waals surface area contributed by atoms with Crippen LogP contribution in [0.5, 0.6) is 11.5 Å². The molecule has 1 heterocycles. The molecule has 0 amide bonds. The highest BCUT2D eigenvalue weighted by atomic mass is 32.2. The lowest BCUT2D eigenvalue weighted by atomic mass is 10.0. The van der Waals surface area contributed by atoms with E-state index in [1.165, 1.54) is 12.0 Å². The van der Waals surface area contributed by atoms with Crippen molar-refractivity contribution >= 4 is 40.2 Å². The molecule has 0 spiro atoms. The zero-order valence-corrected chi connectivity index (χ0v) is 26.6. The zero-order valence-electron chi connectivity index (χ0n) is 22.9. The Bertz CT molecular complexity index is 743. The van der Waals surface area contributed by atoms with Crippen LogP contribution in [0.15, 0.2) is 18.2 Å². The second-order valence-corrected chi connectivity index (χ2v) is 25.4. The van der Waals surface area contributed by atoms with Gasteiger partial charge in [0.1, 0.15) is 11.5 Å². The van der Waals surface area contributed by atoms with Crippen molar-refractivity contribution in [1.82, 2.24) is 0 Å². The fourth-order valence-corrected chi connectivity index (χ4v) is 9.04. The molecule has 190 valence electrons. The van der Waals surface area contributed by atoms with Gasteiger partial charge in [0.25, 0.3) is 0 Å². The third-order valence-corrected chi connectivity index (χ3v) is 19.5. The third kappa shape index (κ3) is 7.96. The Balaban J connectivity index is 2.48. The van der Waals surface area contributed by atoms with E-state index in [1.807, 2.05) is 30.4 Å². The van der Waals surface area contributed by atoms with Crippen LogP contribution in [-0.2, 0) is 6.42 Å². The molecule has 1 unspecified atom stereocenters. The predicted octanol–water partition coefficient (Wildman–Crippen LogP) is 8.33. The van der Waals surface area contributed by atoms with Gasteiger partial charge in [0, 0.05) is 6.07 Å². The summed E-state index contributed by atoms with van der Waals surface area (Å²) in [6.45, 7) is 24.8. The molecular formula is C26H48O3S2Si2. The Kier molecular flexibility index (Phi) is 9.27. The Hall–Kier alpha value is -0.0862. The number of hydrogen-bond acceptors (Lipinski definition) is 5. The molecule has 0 aliphatic carbocycles. The molecule has 1 N–H and O–H groups in total. The molecule has 0 saturated carbocycles. The maximum absolute atomic E-state index is 10.3. The Morgan fingerprint density at radius 1 is 0.879 bits per heavy atom. The number of aliphatic hydroxyl groups excluding tert-OH is 1. The van der Waals surface area contributed by atoms with Gasteiger partial charge in [-0.3, -0.25) is 0 Å². The first kappa shape index (κ1) is 29.1. The Morgan fingerprint density at radius 2 is 1.30 bits per heavy atom. The van der Waals surface area contributed by atoms with Gasteiger partial charge in [0.2, 0.25) is 16.6 Å². The summed E-state index contributed by atoms with van der Waals surface area (Å²) >= 11 is 4.04. The van der Waals surface area contributed by atoms with E-state index in [0.717, 1.165) is 35.8 Å². The summed E-state index contributed by atoms with van der Waals surface area (Å²) in [5, 5.41) is 10.5. The van der Waals surface area contributed by atoms with Crippen molar-refractivity contribution in [2.24, 2.45) is 0 Å². The number of hydrogen-bond donors (Lipinski definition) is 1. The topological polar surface area (TPSA) is 38.7 Å². The summed E-state index contributed by atoms with van der Waals surface area (Å²) in [4.78, 5) is 0. The number of benzene rings is 1. The van der Waals surface area contributed by atoms with Crippen LogP contribution in [0, 0.1) is 0 Å². The number of rotatable bonds is 8. The van der Waals surface area contributed by atoms with Crippen molar-refractivity contribution < 1.29 is 14.0 Å². The highest BCUT2D eigenvalue weighted by Crippen LogP contribution is 2.49. The molecule has 1 saturated heterocycles. The lowest BCUT2D eigenvalue weighted by Gasteiger charge is -2.39. The molecule has 33 heavy (non-hydrogen) atoms. The van der Waals surface area contributed by atoms with Crippen LogP contribution in [0.4, 0.5) is 0 Å². The second-order valence-electron chi connectivity index (χ2n) is 12.7. The van der Waals surface area contributed by atoms with E-state index in [9.17, 15) is 5.11 Å². The van der Waals surface area contributed by atoms with Crippen LogP contribution in [0.1, 0.15) is 66.9 Å². The van der Waals surface area contributed by atoms with Crippen LogP contribution < -0.4 is 8.85 Å². The monoisotopic (exact) mass is 528 g/mol. The summed E-state index contributed by atoms with van der Waals surface area (Å²) in [5.41, 5.74) is 1.25. The van der Waals surface area contributed by atoms with E-state index in [2.05, 4.69) is 85.9 Å². The van der Waals surface area contributed by atoms with Crippen molar-refractivity contribution in [2.45, 2.75) is 114 Å². The average molecular weight is 529 g/mol. The normalized spacial score (nSPS) is 18.7. The number of aliphatic hydroxyl groups is 1. The fraction of sp³-hybridized carbons (Fsp3) is 0.769. The average Bonchev–Trinajstić information content (AvgIpc) is 2.58. The molecule has 1 atom stereocenters. The molecule has 7 heteroatoms. The van der Waals surface area contributed by atoms with Gasteiger partial charge in [-0.2, -0.15) is 0 Å². The highest BCUT2D eigenvalue weighted by molar-refractivity contribution is 8.18. The van der Waals surface area contributed by atoms with Crippen LogP contribution in [0.2, 0.25) is 36.3 Å². The lowest BCUT2D eigenvalue weighted by molar-refractivity contribution is 0.180. The number of thioether (sulfide) groups is 2. The molecule has 3 nitrogen and oxygen atoms in total. The van der Waals surface area contributed by atoms with Crippen LogP contribution >= 0.6 is 23.5 Å². The standard InChI is InChI=1S/C26H48O3S2Si2/c1-20(27)18-26(30-13-12-14-31-26)19-21-15-22(28-32(8,9)24(2,3)4)17-23(16-21)29-33(10,11)25(5,6)7/h15-17,20,27H,12-14,18-19H2,1-11H3. The van der Waals surface area contributed by atoms with E-state index in [1.54, 1.807) is 0 Å². The molecule has 1 aliphatic rings. The van der Waals surface area contributed by atoms with Crippen molar-refractivity contribution in [3.05, 3.63) is 23.8 Å². The van der Waals surface area contributed by atoms with Crippen LogP contribution in [-0.4, -0.2) is 43.4 Å². The van der Waals surface area contributed by atoms with Gasteiger partial charge >= 0.3 is 0 Å². The van der Waals surface area contributed by atoms with Gasteiger partial charge < -0.3 is 14.0 Å². The molecule has 1 aliphatic heterocycles. The maximum Gasteiger partial charge on any atom is 0.250 e. The Labute approximate surface area is 214 Å². The first-order valence-electron chi connectivity index (χ1n) is 12.3. The third-order valence-electron chi connectivity index (χ3n) is 7.40. The Morgan fingerprint density at radius 3 is 1.67 bits per heavy atom. The summed E-state index contributed by atoms with van der Waals surface area (Å²) in [7, 11) is -3.96. The molecule has 1 aromatic rings. The minimum Gasteiger partial charge on any atom is -0.543 e. The summed E-state index contributed by atoms with van der Waals surface area (Å²) in [5.74, 6) is 4.19. The quantitative estimate of drug-likeness (QED) is 0.343.